The predicted molar refractivity (Wildman–Crippen MR) is 107 cm³/mol. The van der Waals surface area contributed by atoms with Gasteiger partial charge in [0.05, 0.1) is 0 Å². The first-order chi connectivity index (χ1) is 12.9. The van der Waals surface area contributed by atoms with Crippen molar-refractivity contribution in [3.05, 3.63) is 97.3 Å². The maximum atomic E-state index is 4.43. The Balaban J connectivity index is 0.00000180. The van der Waals surface area contributed by atoms with E-state index in [9.17, 15) is 0 Å². The molecule has 0 N–H and O–H groups in total. The molecule has 0 aliphatic carbocycles. The van der Waals surface area contributed by atoms with Crippen molar-refractivity contribution in [3.8, 4) is 22.5 Å². The molecule has 0 atom stereocenters. The Labute approximate surface area is 171 Å². The Morgan fingerprint density at radius 3 is 1.48 bits per heavy atom. The third kappa shape index (κ3) is 3.16. The molecule has 0 unspecified atom stereocenters. The van der Waals surface area contributed by atoms with Crippen molar-refractivity contribution >= 4 is 21.5 Å². The van der Waals surface area contributed by atoms with Gasteiger partial charge in [-0.1, -0.05) is 84.9 Å². The summed E-state index contributed by atoms with van der Waals surface area (Å²) in [7, 11) is 0. The van der Waals surface area contributed by atoms with E-state index in [-0.39, 0.29) is 20.1 Å². The van der Waals surface area contributed by atoms with Crippen molar-refractivity contribution in [1.82, 2.24) is 9.97 Å². The van der Waals surface area contributed by atoms with Gasteiger partial charge in [0.25, 0.3) is 0 Å². The predicted octanol–water partition coefficient (Wildman–Crippen LogP) is 5.91. The number of benzene rings is 4. The number of nitrogens with zero attached hydrogens (tertiary/aromatic N) is 2. The van der Waals surface area contributed by atoms with Crippen molar-refractivity contribution in [2.45, 2.75) is 0 Å². The van der Waals surface area contributed by atoms with E-state index in [1.165, 1.54) is 21.5 Å². The summed E-state index contributed by atoms with van der Waals surface area (Å²) in [5.41, 5.74) is 3.98. The first kappa shape index (κ1) is 17.5. The summed E-state index contributed by atoms with van der Waals surface area (Å²) in [6, 6.07) is 31.4. The molecule has 0 amide bonds. The summed E-state index contributed by atoms with van der Waals surface area (Å²) in [6.45, 7) is 0. The quantitative estimate of drug-likeness (QED) is 0.269. The maximum Gasteiger partial charge on any atom is 0.0225 e. The van der Waals surface area contributed by atoms with Gasteiger partial charge in [-0.2, -0.15) is 0 Å². The van der Waals surface area contributed by atoms with E-state index in [0.717, 1.165) is 22.5 Å². The molecule has 0 saturated heterocycles. The van der Waals surface area contributed by atoms with Crippen LogP contribution in [0.1, 0.15) is 0 Å². The zero-order valence-electron chi connectivity index (χ0n) is 14.4. The second kappa shape index (κ2) is 7.40. The molecule has 0 spiro atoms. The monoisotopic (exact) mass is 524 g/mol. The Hall–Kier alpha value is -2.87. The summed E-state index contributed by atoms with van der Waals surface area (Å²) >= 11 is 0. The summed E-state index contributed by atoms with van der Waals surface area (Å²) in [5.74, 6) is 0. The molecule has 27 heavy (non-hydrogen) atoms. The molecule has 5 rings (SSSR count). The van der Waals surface area contributed by atoms with Gasteiger partial charge in [0.2, 0.25) is 0 Å². The van der Waals surface area contributed by atoms with Gasteiger partial charge in [0.1, 0.15) is 0 Å². The third-order valence-corrected chi connectivity index (χ3v) is 4.75. The molecule has 1 radical (unpaired) electrons. The molecule has 4 aromatic carbocycles. The number of aromatic nitrogens is 2. The van der Waals surface area contributed by atoms with Gasteiger partial charge in [-0.3, -0.25) is 0 Å². The molecule has 3 heteroatoms. The van der Waals surface area contributed by atoms with Crippen molar-refractivity contribution in [3.63, 3.8) is 0 Å². The summed E-state index contributed by atoms with van der Waals surface area (Å²) in [5, 5.41) is 4.78. The zero-order valence-corrected chi connectivity index (χ0v) is 16.8. The van der Waals surface area contributed by atoms with Crippen LogP contribution < -0.4 is 0 Å². The van der Waals surface area contributed by atoms with Crippen LogP contribution in [0.3, 0.4) is 0 Å². The molecule has 0 aliphatic heterocycles. The third-order valence-electron chi connectivity index (χ3n) is 4.75. The van der Waals surface area contributed by atoms with E-state index in [0.29, 0.717) is 0 Å². The first-order valence-corrected chi connectivity index (χ1v) is 8.61. The Kier molecular flexibility index (Phi) is 4.81. The van der Waals surface area contributed by atoms with E-state index in [4.69, 9.17) is 0 Å². The van der Waals surface area contributed by atoms with Crippen LogP contribution >= 0.6 is 0 Å². The molecule has 2 nitrogen and oxygen atoms in total. The fourth-order valence-corrected chi connectivity index (χ4v) is 3.50. The number of fused-ring (bicyclic) bond motifs is 2. The number of hydrogen-bond donors (Lipinski definition) is 0. The van der Waals surface area contributed by atoms with Crippen molar-refractivity contribution in [2.24, 2.45) is 0 Å². The van der Waals surface area contributed by atoms with Crippen LogP contribution in [0.5, 0.6) is 0 Å². The van der Waals surface area contributed by atoms with Gasteiger partial charge in [-0.15, -0.1) is 6.07 Å². The molecular weight excluding hydrogens is 508 g/mol. The number of hydrogen-bond acceptors (Lipinski definition) is 2. The second-order valence-electron chi connectivity index (χ2n) is 6.29. The Bertz CT molecular complexity index is 1140. The van der Waals surface area contributed by atoms with Crippen molar-refractivity contribution in [1.29, 1.82) is 0 Å². The van der Waals surface area contributed by atoms with Gasteiger partial charge in [-0.25, -0.2) is 0 Å². The summed E-state index contributed by atoms with van der Waals surface area (Å²) in [4.78, 5) is 8.86. The molecule has 1 heterocycles. The molecule has 5 aromatic rings. The standard InChI is InChI=1S/C24H15N2.Ir/c1-3-11-19-17(7-1)9-5-13-21(19)23-15-24(26-16-25-23)22-14-6-10-18-8-2-4-12-20(18)22;/h1-15H;/q-1;. The van der Waals surface area contributed by atoms with Gasteiger partial charge >= 0.3 is 0 Å². The molecule has 1 aromatic heterocycles. The minimum atomic E-state index is 0. The van der Waals surface area contributed by atoms with E-state index >= 15 is 0 Å². The molecule has 0 saturated carbocycles. The van der Waals surface area contributed by atoms with E-state index in [2.05, 4.69) is 107 Å². The van der Waals surface area contributed by atoms with Crippen LogP contribution in [0.4, 0.5) is 0 Å². The normalized spacial score (nSPS) is 10.7. The van der Waals surface area contributed by atoms with E-state index < -0.39 is 0 Å². The molecular formula is C24H15IrN2-. The van der Waals surface area contributed by atoms with Crippen molar-refractivity contribution < 1.29 is 20.1 Å². The average molecular weight is 524 g/mol. The van der Waals surface area contributed by atoms with Crippen LogP contribution in [-0.2, 0) is 20.1 Å². The van der Waals surface area contributed by atoms with Crippen LogP contribution in [0.25, 0.3) is 44.1 Å². The molecule has 0 bridgehead atoms. The van der Waals surface area contributed by atoms with Crippen LogP contribution in [0.15, 0.2) is 91.0 Å². The fraction of sp³-hybridized carbons (Fsp3) is 0. The Morgan fingerprint density at radius 1 is 0.519 bits per heavy atom. The van der Waals surface area contributed by atoms with Gasteiger partial charge in [0.15, 0.2) is 0 Å². The first-order valence-electron chi connectivity index (χ1n) is 8.61. The smallest absolute Gasteiger partial charge is 0.0225 e. The van der Waals surface area contributed by atoms with Gasteiger partial charge < -0.3 is 9.97 Å². The van der Waals surface area contributed by atoms with E-state index in [1.54, 1.807) is 0 Å². The zero-order chi connectivity index (χ0) is 17.3. The van der Waals surface area contributed by atoms with Crippen LogP contribution in [0, 0.1) is 6.33 Å². The largest absolute Gasteiger partial charge is 0.366 e. The van der Waals surface area contributed by atoms with E-state index in [1.807, 2.05) is 0 Å². The second-order valence-corrected chi connectivity index (χ2v) is 6.29. The summed E-state index contributed by atoms with van der Waals surface area (Å²) in [6.07, 6.45) is 2.86. The van der Waals surface area contributed by atoms with Gasteiger partial charge in [-0.05, 0) is 44.1 Å². The van der Waals surface area contributed by atoms with Crippen LogP contribution in [0.2, 0.25) is 0 Å². The van der Waals surface area contributed by atoms with Crippen LogP contribution in [-0.4, -0.2) is 9.97 Å². The Morgan fingerprint density at radius 2 is 0.963 bits per heavy atom. The molecule has 0 fully saturated rings. The van der Waals surface area contributed by atoms with Crippen molar-refractivity contribution in [2.75, 3.05) is 0 Å². The average Bonchev–Trinajstić information content (AvgIpc) is 2.73. The number of rotatable bonds is 2. The molecule has 131 valence electrons. The summed E-state index contributed by atoms with van der Waals surface area (Å²) < 4.78 is 0. The maximum absolute atomic E-state index is 4.43. The minimum Gasteiger partial charge on any atom is -0.366 e. The minimum absolute atomic E-state index is 0. The topological polar surface area (TPSA) is 25.8 Å². The molecule has 0 aliphatic rings. The van der Waals surface area contributed by atoms with Gasteiger partial charge in [0, 0.05) is 26.4 Å². The SMILES string of the molecule is [Ir].[c-]1nc(-c2cccc3ccccc23)cc(-c2cccc3ccccc23)n1. The fourth-order valence-electron chi connectivity index (χ4n) is 3.50.